The van der Waals surface area contributed by atoms with E-state index in [4.69, 9.17) is 26.1 Å². The van der Waals surface area contributed by atoms with Gasteiger partial charge in [0, 0.05) is 41.1 Å². The number of halogens is 1. The predicted octanol–water partition coefficient (Wildman–Crippen LogP) is 6.77. The molecule has 1 N–H and O–H groups in total. The van der Waals surface area contributed by atoms with E-state index in [1.165, 1.54) is 0 Å². The van der Waals surface area contributed by atoms with Crippen molar-refractivity contribution < 1.29 is 19.1 Å². The molecule has 3 heterocycles. The first-order valence-corrected chi connectivity index (χ1v) is 15.2. The Hall–Kier alpha value is -4.24. The van der Waals surface area contributed by atoms with E-state index in [2.05, 4.69) is 27.4 Å². The number of aromatic nitrogens is 3. The fourth-order valence-electron chi connectivity index (χ4n) is 5.50. The van der Waals surface area contributed by atoms with Gasteiger partial charge in [-0.1, -0.05) is 23.7 Å². The second-order valence-corrected chi connectivity index (χ2v) is 13.1. The van der Waals surface area contributed by atoms with Crippen LogP contribution in [0.4, 0.5) is 4.79 Å². The number of ether oxygens (including phenoxy) is 2. The number of hydrogen-bond donors (Lipinski definition) is 1. The second-order valence-electron chi connectivity index (χ2n) is 12.7. The van der Waals surface area contributed by atoms with Crippen LogP contribution >= 0.6 is 11.6 Å². The summed E-state index contributed by atoms with van der Waals surface area (Å²) in [6.45, 7) is 10.4. The summed E-state index contributed by atoms with van der Waals surface area (Å²) in [6, 6.07) is 13.5. The van der Waals surface area contributed by atoms with Crippen LogP contribution in [0.5, 0.6) is 5.75 Å². The highest BCUT2D eigenvalue weighted by molar-refractivity contribution is 6.30. The molecule has 0 unspecified atom stereocenters. The lowest BCUT2D eigenvalue weighted by atomic mass is 9.95. The minimum absolute atomic E-state index is 0.0689. The molecule has 6 rings (SSSR count). The third-order valence-corrected chi connectivity index (χ3v) is 8.31. The summed E-state index contributed by atoms with van der Waals surface area (Å²) in [6.07, 6.45) is 5.24. The lowest BCUT2D eigenvalue weighted by molar-refractivity contribution is -0.0141. The Labute approximate surface area is 262 Å². The predicted molar refractivity (Wildman–Crippen MR) is 169 cm³/mol. The molecule has 228 valence electrons. The van der Waals surface area contributed by atoms with E-state index >= 15 is 0 Å². The molecule has 44 heavy (non-hydrogen) atoms. The van der Waals surface area contributed by atoms with E-state index in [1.807, 2.05) is 58.9 Å². The molecule has 4 aromatic rings. The molecule has 10 heteroatoms. The highest BCUT2D eigenvalue weighted by Crippen LogP contribution is 2.49. The summed E-state index contributed by atoms with van der Waals surface area (Å²) < 4.78 is 11.6. The Morgan fingerprint density at radius 2 is 1.82 bits per heavy atom. The Balaban J connectivity index is 1.22. The van der Waals surface area contributed by atoms with Gasteiger partial charge in [-0.25, -0.2) is 14.8 Å². The fourth-order valence-corrected chi connectivity index (χ4v) is 5.60. The number of pyridine rings is 1. The molecule has 9 nitrogen and oxygen atoms in total. The molecule has 2 amide bonds. The van der Waals surface area contributed by atoms with Crippen molar-refractivity contribution in [3.05, 3.63) is 82.3 Å². The SMILES string of the molecule is Cc1ccc2c(C3(NC(=O)c4cc(OC[C@@H]5CCN5C(=O)OC(C)(C)C)ccc4C)CC3)cc(-c3ncc(Cl)cn3)cc2n1. The average Bonchev–Trinajstić information content (AvgIpc) is 3.72. The zero-order valence-electron chi connectivity index (χ0n) is 25.6. The minimum atomic E-state index is -0.553. The number of fused-ring (bicyclic) bond motifs is 1. The number of benzene rings is 2. The molecule has 0 radical (unpaired) electrons. The zero-order chi connectivity index (χ0) is 31.2. The van der Waals surface area contributed by atoms with Gasteiger partial charge in [-0.3, -0.25) is 9.78 Å². The van der Waals surface area contributed by atoms with Crippen LogP contribution in [-0.4, -0.2) is 56.6 Å². The first-order chi connectivity index (χ1) is 20.9. The topological polar surface area (TPSA) is 107 Å². The van der Waals surface area contributed by atoms with Gasteiger partial charge in [0.15, 0.2) is 5.82 Å². The Morgan fingerprint density at radius 1 is 1.07 bits per heavy atom. The molecule has 1 aliphatic carbocycles. The molecular weight excluding hydrogens is 578 g/mol. The van der Waals surface area contributed by atoms with E-state index in [0.29, 0.717) is 35.3 Å². The van der Waals surface area contributed by atoms with Crippen molar-refractivity contribution in [1.82, 2.24) is 25.2 Å². The number of carbonyl (C=O) groups is 2. The standard InChI is InChI=1S/C34H36ClN5O4/c1-20-6-8-25(43-19-24-10-13-40(24)32(42)44-33(3,4)5)16-27(20)31(41)39-34(11-12-34)28-14-22(30-36-17-23(35)18-37-30)15-29-26(28)9-7-21(2)38-29/h6-9,14-18,24H,10-13,19H2,1-5H3,(H,39,41)/t24-/m0/s1. The third kappa shape index (κ3) is 6.19. The molecule has 1 saturated heterocycles. The summed E-state index contributed by atoms with van der Waals surface area (Å²) >= 11 is 6.04. The smallest absolute Gasteiger partial charge is 0.410 e. The maximum absolute atomic E-state index is 13.8. The number of hydrogen-bond acceptors (Lipinski definition) is 7. The highest BCUT2D eigenvalue weighted by atomic mass is 35.5. The average molecular weight is 614 g/mol. The first kappa shape index (κ1) is 29.8. The molecule has 2 aliphatic rings. The van der Waals surface area contributed by atoms with E-state index in [-0.39, 0.29) is 18.0 Å². The maximum Gasteiger partial charge on any atom is 0.410 e. The molecule has 0 bridgehead atoms. The van der Waals surface area contributed by atoms with Crippen LogP contribution in [0, 0.1) is 13.8 Å². The summed E-state index contributed by atoms with van der Waals surface area (Å²) in [4.78, 5) is 41.6. The number of likely N-dealkylation sites (tertiary alicyclic amines) is 1. The van der Waals surface area contributed by atoms with E-state index < -0.39 is 11.1 Å². The van der Waals surface area contributed by atoms with Gasteiger partial charge >= 0.3 is 6.09 Å². The Morgan fingerprint density at radius 3 is 2.48 bits per heavy atom. The molecule has 2 fully saturated rings. The molecule has 1 aliphatic heterocycles. The molecule has 1 atom stereocenters. The second kappa shape index (κ2) is 11.4. The van der Waals surface area contributed by atoms with Gasteiger partial charge in [-0.2, -0.15) is 0 Å². The number of nitrogens with one attached hydrogen (secondary N) is 1. The van der Waals surface area contributed by atoms with E-state index in [1.54, 1.807) is 23.4 Å². The lowest BCUT2D eigenvalue weighted by Gasteiger charge is -2.41. The number of rotatable bonds is 7. The van der Waals surface area contributed by atoms with Crippen LogP contribution in [-0.2, 0) is 10.3 Å². The highest BCUT2D eigenvalue weighted by Gasteiger charge is 2.47. The quantitative estimate of drug-likeness (QED) is 0.245. The molecular formula is C34H36ClN5O4. The third-order valence-electron chi connectivity index (χ3n) is 8.11. The summed E-state index contributed by atoms with van der Waals surface area (Å²) in [5, 5.41) is 4.78. The van der Waals surface area contributed by atoms with Crippen LogP contribution in [0.15, 0.2) is 54.9 Å². The van der Waals surface area contributed by atoms with Crippen LogP contribution in [0.2, 0.25) is 5.02 Å². The zero-order valence-corrected chi connectivity index (χ0v) is 26.4. The summed E-state index contributed by atoms with van der Waals surface area (Å²) in [5.74, 6) is 0.944. The molecule has 0 spiro atoms. The van der Waals surface area contributed by atoms with Crippen molar-refractivity contribution in [1.29, 1.82) is 0 Å². The summed E-state index contributed by atoms with van der Waals surface area (Å²) in [7, 11) is 0. The maximum atomic E-state index is 13.8. The monoisotopic (exact) mass is 613 g/mol. The largest absolute Gasteiger partial charge is 0.491 e. The van der Waals surface area contributed by atoms with Crippen LogP contribution in [0.3, 0.4) is 0 Å². The van der Waals surface area contributed by atoms with E-state index in [0.717, 1.165) is 52.5 Å². The minimum Gasteiger partial charge on any atom is -0.491 e. The molecule has 2 aromatic heterocycles. The van der Waals surface area contributed by atoms with Crippen molar-refractivity contribution in [3.63, 3.8) is 0 Å². The first-order valence-electron chi connectivity index (χ1n) is 14.9. The van der Waals surface area contributed by atoms with Gasteiger partial charge in [0.25, 0.3) is 5.91 Å². The van der Waals surface area contributed by atoms with Crippen molar-refractivity contribution in [2.24, 2.45) is 0 Å². The number of amides is 2. The Bertz CT molecular complexity index is 1750. The van der Waals surface area contributed by atoms with Crippen molar-refractivity contribution in [3.8, 4) is 17.1 Å². The van der Waals surface area contributed by atoms with Gasteiger partial charge < -0.3 is 19.7 Å². The number of aryl methyl sites for hydroxylation is 2. The van der Waals surface area contributed by atoms with Gasteiger partial charge in [-0.15, -0.1) is 0 Å². The van der Waals surface area contributed by atoms with Crippen molar-refractivity contribution in [2.75, 3.05) is 13.2 Å². The molecule has 2 aromatic carbocycles. The van der Waals surface area contributed by atoms with Gasteiger partial charge in [0.2, 0.25) is 0 Å². The Kier molecular flexibility index (Phi) is 7.70. The molecule has 1 saturated carbocycles. The van der Waals surface area contributed by atoms with Crippen LogP contribution in [0.1, 0.15) is 67.2 Å². The normalized spacial score (nSPS) is 17.1. The van der Waals surface area contributed by atoms with Gasteiger partial charge in [-0.05, 0) is 95.3 Å². The van der Waals surface area contributed by atoms with Crippen LogP contribution < -0.4 is 10.1 Å². The van der Waals surface area contributed by atoms with E-state index in [9.17, 15) is 9.59 Å². The lowest BCUT2D eigenvalue weighted by Crippen LogP contribution is -2.55. The van der Waals surface area contributed by atoms with Gasteiger partial charge in [0.05, 0.1) is 22.1 Å². The van der Waals surface area contributed by atoms with Crippen molar-refractivity contribution in [2.45, 2.75) is 71.1 Å². The fraction of sp³-hybridized carbons (Fsp3) is 0.382. The van der Waals surface area contributed by atoms with Crippen molar-refractivity contribution >= 4 is 34.5 Å². The number of nitrogens with zero attached hydrogens (tertiary/aromatic N) is 4. The van der Waals surface area contributed by atoms with Gasteiger partial charge in [0.1, 0.15) is 18.0 Å². The van der Waals surface area contributed by atoms with Crippen LogP contribution in [0.25, 0.3) is 22.3 Å². The number of carbonyl (C=O) groups excluding carboxylic acids is 2. The summed E-state index contributed by atoms with van der Waals surface area (Å²) in [5.41, 5.74) is 3.81.